The van der Waals surface area contributed by atoms with Crippen molar-refractivity contribution in [2.45, 2.75) is 58.7 Å². The maximum atomic E-state index is 11.2. The predicted octanol–water partition coefficient (Wildman–Crippen LogP) is 2.38. The van der Waals surface area contributed by atoms with Gasteiger partial charge in [-0.15, -0.1) is 0 Å². The van der Waals surface area contributed by atoms with Gasteiger partial charge >= 0.3 is 5.97 Å². The first-order chi connectivity index (χ1) is 7.27. The second kappa shape index (κ2) is 5.88. The fourth-order valence-electron chi connectivity index (χ4n) is 0.836. The molecule has 0 aromatic carbocycles. The number of aliphatic carboxylic acids is 1. The summed E-state index contributed by atoms with van der Waals surface area (Å²) in [5, 5.41) is 9.14. The zero-order valence-electron chi connectivity index (χ0n) is 10.6. The normalized spacial score (nSPS) is 14.8. The molecule has 0 aromatic rings. The maximum Gasteiger partial charge on any atom is 0.352 e. The molecule has 0 bridgehead atoms. The van der Waals surface area contributed by atoms with E-state index in [1.807, 2.05) is 6.92 Å². The Labute approximate surface area is 96.9 Å². The Balaban J connectivity index is 4.86. The molecule has 0 radical (unpaired) electrons. The van der Waals surface area contributed by atoms with E-state index < -0.39 is 17.2 Å². The number of carboxylic acids is 1. The van der Waals surface area contributed by atoms with E-state index in [1.165, 1.54) is 0 Å². The maximum absolute atomic E-state index is 11.2. The van der Waals surface area contributed by atoms with E-state index in [2.05, 4.69) is 11.8 Å². The summed E-state index contributed by atoms with van der Waals surface area (Å²) in [6.45, 7) is 8.89. The molecule has 0 aliphatic rings. The summed E-state index contributed by atoms with van der Waals surface area (Å²) >= 11 is 0. The van der Waals surface area contributed by atoms with Crippen molar-refractivity contribution in [1.29, 1.82) is 0 Å². The molecule has 0 saturated heterocycles. The summed E-state index contributed by atoms with van der Waals surface area (Å²) in [6.07, 6.45) is 0.805. The van der Waals surface area contributed by atoms with Crippen LogP contribution in [-0.4, -0.2) is 22.3 Å². The topological polar surface area (TPSA) is 55.8 Å². The van der Waals surface area contributed by atoms with Crippen molar-refractivity contribution in [1.82, 2.24) is 0 Å². The Bertz CT molecular complexity index is 292. The number of hydrogen-bond donors (Lipinski definition) is 1. The zero-order valence-corrected chi connectivity index (χ0v) is 10.6. The predicted molar refractivity (Wildman–Crippen MR) is 60.6 cm³/mol. The number of rotatable bonds is 4. The second-order valence-corrected chi connectivity index (χ2v) is 4.42. The van der Waals surface area contributed by atoms with Crippen LogP contribution in [0.5, 0.6) is 0 Å². The van der Waals surface area contributed by atoms with Crippen molar-refractivity contribution in [3.63, 3.8) is 0 Å². The average Bonchev–Trinajstić information content (AvgIpc) is 2.17. The van der Waals surface area contributed by atoms with Crippen molar-refractivity contribution < 1.29 is 19.7 Å². The van der Waals surface area contributed by atoms with Gasteiger partial charge in [-0.3, -0.25) is 0 Å². The van der Waals surface area contributed by atoms with Gasteiger partial charge in [0.2, 0.25) is 0 Å². The van der Waals surface area contributed by atoms with Gasteiger partial charge in [0, 0.05) is 6.42 Å². The summed E-state index contributed by atoms with van der Waals surface area (Å²) < 4.78 is 0. The summed E-state index contributed by atoms with van der Waals surface area (Å²) in [4.78, 5) is 21.3. The van der Waals surface area contributed by atoms with Crippen LogP contribution < -0.4 is 0 Å². The van der Waals surface area contributed by atoms with E-state index in [1.54, 1.807) is 27.7 Å². The highest BCUT2D eigenvalue weighted by Crippen LogP contribution is 2.20. The molecule has 0 aliphatic heterocycles. The van der Waals surface area contributed by atoms with E-state index in [0.717, 1.165) is 0 Å². The van der Waals surface area contributed by atoms with Crippen molar-refractivity contribution in [2.75, 3.05) is 0 Å². The molecule has 0 amide bonds. The SMILES string of the molecule is CCC#CC(CC)(OOC(C)(C)C)C(=O)O. The third kappa shape index (κ3) is 4.65. The van der Waals surface area contributed by atoms with Crippen molar-refractivity contribution >= 4 is 5.97 Å². The summed E-state index contributed by atoms with van der Waals surface area (Å²) in [5.74, 6) is 4.20. The molecule has 4 nitrogen and oxygen atoms in total. The van der Waals surface area contributed by atoms with Gasteiger partial charge in [0.05, 0.1) is 5.60 Å². The summed E-state index contributed by atoms with van der Waals surface area (Å²) in [6, 6.07) is 0. The first-order valence-electron chi connectivity index (χ1n) is 5.37. The van der Waals surface area contributed by atoms with Crippen molar-refractivity contribution in [3.05, 3.63) is 0 Å². The Morgan fingerprint density at radius 2 is 1.81 bits per heavy atom. The molecule has 4 heteroatoms. The highest BCUT2D eigenvalue weighted by Gasteiger charge is 2.39. The molecule has 0 aliphatic carbocycles. The zero-order chi connectivity index (χ0) is 12.8. The monoisotopic (exact) mass is 228 g/mol. The molecule has 0 heterocycles. The lowest BCUT2D eigenvalue weighted by Crippen LogP contribution is -2.42. The molecule has 0 saturated carbocycles. The Morgan fingerprint density at radius 1 is 1.25 bits per heavy atom. The lowest BCUT2D eigenvalue weighted by Gasteiger charge is -2.26. The highest BCUT2D eigenvalue weighted by atomic mass is 17.2. The Hall–Kier alpha value is -1.05. The van der Waals surface area contributed by atoms with Crippen LogP contribution >= 0.6 is 0 Å². The largest absolute Gasteiger partial charge is 0.478 e. The molecule has 1 N–H and O–H groups in total. The fraction of sp³-hybridized carbons (Fsp3) is 0.750. The number of hydrogen-bond acceptors (Lipinski definition) is 3. The van der Waals surface area contributed by atoms with E-state index in [4.69, 9.17) is 14.9 Å². The second-order valence-electron chi connectivity index (χ2n) is 4.42. The van der Waals surface area contributed by atoms with Gasteiger partial charge in [-0.2, -0.15) is 0 Å². The lowest BCUT2D eigenvalue weighted by atomic mass is 10.0. The molecular formula is C12H20O4. The minimum atomic E-state index is -1.57. The standard InChI is InChI=1S/C12H20O4/c1-6-8-9-12(7-2,10(13)14)16-15-11(3,4)5/h6-7H2,1-5H3,(H,13,14). The molecule has 1 unspecified atom stereocenters. The first kappa shape index (κ1) is 14.9. The van der Waals surface area contributed by atoms with Crippen LogP contribution in [0, 0.1) is 11.8 Å². The molecule has 0 aromatic heterocycles. The van der Waals surface area contributed by atoms with Crippen LogP contribution in [0.15, 0.2) is 0 Å². The van der Waals surface area contributed by atoms with Crippen LogP contribution in [0.1, 0.15) is 47.5 Å². The molecule has 0 fully saturated rings. The Morgan fingerprint density at radius 3 is 2.12 bits per heavy atom. The van der Waals surface area contributed by atoms with Crippen LogP contribution in [0.2, 0.25) is 0 Å². The van der Waals surface area contributed by atoms with E-state index in [0.29, 0.717) is 6.42 Å². The molecule has 0 rings (SSSR count). The third-order valence-corrected chi connectivity index (χ3v) is 1.74. The molecule has 92 valence electrons. The minimum Gasteiger partial charge on any atom is -0.478 e. The molecular weight excluding hydrogens is 208 g/mol. The van der Waals surface area contributed by atoms with Crippen LogP contribution in [0.3, 0.4) is 0 Å². The minimum absolute atomic E-state index is 0.228. The quantitative estimate of drug-likeness (QED) is 0.456. The fourth-order valence-corrected chi connectivity index (χ4v) is 0.836. The van der Waals surface area contributed by atoms with Gasteiger partial charge in [-0.25, -0.2) is 14.6 Å². The van der Waals surface area contributed by atoms with Crippen molar-refractivity contribution in [2.24, 2.45) is 0 Å². The highest BCUT2D eigenvalue weighted by molar-refractivity contribution is 5.81. The molecule has 16 heavy (non-hydrogen) atoms. The van der Waals surface area contributed by atoms with Gasteiger partial charge in [0.15, 0.2) is 0 Å². The van der Waals surface area contributed by atoms with Gasteiger partial charge in [0.25, 0.3) is 5.60 Å². The average molecular weight is 228 g/mol. The Kier molecular flexibility index (Phi) is 5.49. The van der Waals surface area contributed by atoms with Gasteiger partial charge in [-0.05, 0) is 27.2 Å². The first-order valence-corrected chi connectivity index (χ1v) is 5.37. The van der Waals surface area contributed by atoms with Crippen LogP contribution in [0.4, 0.5) is 0 Å². The van der Waals surface area contributed by atoms with Crippen LogP contribution in [-0.2, 0) is 14.6 Å². The van der Waals surface area contributed by atoms with E-state index >= 15 is 0 Å². The van der Waals surface area contributed by atoms with Gasteiger partial charge < -0.3 is 5.11 Å². The number of carboxylic acid groups (broad SMARTS) is 1. The summed E-state index contributed by atoms with van der Waals surface area (Å²) in [7, 11) is 0. The smallest absolute Gasteiger partial charge is 0.352 e. The van der Waals surface area contributed by atoms with Gasteiger partial charge in [0.1, 0.15) is 0 Å². The molecule has 0 spiro atoms. The molecule has 1 atom stereocenters. The van der Waals surface area contributed by atoms with E-state index in [-0.39, 0.29) is 6.42 Å². The summed E-state index contributed by atoms with van der Waals surface area (Å²) in [5.41, 5.74) is -2.13. The van der Waals surface area contributed by atoms with E-state index in [9.17, 15) is 4.79 Å². The lowest BCUT2D eigenvalue weighted by molar-refractivity contribution is -0.384. The van der Waals surface area contributed by atoms with Crippen LogP contribution in [0.25, 0.3) is 0 Å². The van der Waals surface area contributed by atoms with Crippen molar-refractivity contribution in [3.8, 4) is 11.8 Å². The number of carbonyl (C=O) groups is 1. The van der Waals surface area contributed by atoms with Gasteiger partial charge in [-0.1, -0.05) is 25.7 Å². The third-order valence-electron chi connectivity index (χ3n) is 1.74.